The van der Waals surface area contributed by atoms with E-state index in [9.17, 15) is 18.0 Å². The molecule has 0 aliphatic heterocycles. The number of carbonyl (C=O) groups excluding carboxylic acids is 1. The maximum atomic E-state index is 14.1. The van der Waals surface area contributed by atoms with E-state index in [2.05, 4.69) is 14.8 Å². The van der Waals surface area contributed by atoms with Crippen LogP contribution in [0.25, 0.3) is 11.8 Å². The first-order valence-electron chi connectivity index (χ1n) is 7.45. The molecule has 0 aliphatic rings. The Labute approximate surface area is 146 Å². The second kappa shape index (κ2) is 7.64. The third-order valence-corrected chi connectivity index (χ3v) is 3.41. The van der Waals surface area contributed by atoms with Crippen molar-refractivity contribution in [2.45, 2.75) is 6.61 Å². The van der Waals surface area contributed by atoms with Gasteiger partial charge in [0.1, 0.15) is 29.9 Å². The minimum atomic E-state index is -2.97. The number of allylic oxidation sites excluding steroid dienone is 1. The molecule has 1 aromatic heterocycles. The average molecular weight is 359 g/mol. The predicted molar refractivity (Wildman–Crippen MR) is 87.8 cm³/mol. The van der Waals surface area contributed by atoms with E-state index in [1.165, 1.54) is 65.9 Å². The lowest BCUT2D eigenvalue weighted by molar-refractivity contribution is -0.0498. The van der Waals surface area contributed by atoms with E-state index >= 15 is 0 Å². The molecule has 0 unspecified atom stereocenters. The summed E-state index contributed by atoms with van der Waals surface area (Å²) in [5.74, 6) is -1.06. The van der Waals surface area contributed by atoms with E-state index in [-0.39, 0.29) is 17.0 Å². The number of hydrogen-bond donors (Lipinski definition) is 0. The van der Waals surface area contributed by atoms with Crippen LogP contribution in [0.4, 0.5) is 13.2 Å². The molecule has 3 rings (SSSR count). The molecule has 0 fully saturated rings. The number of alkyl halides is 2. The van der Waals surface area contributed by atoms with Gasteiger partial charge in [-0.15, -0.1) is 0 Å². The number of benzene rings is 2. The third kappa shape index (κ3) is 4.15. The van der Waals surface area contributed by atoms with Crippen LogP contribution in [-0.4, -0.2) is 27.2 Å². The molecule has 2 aromatic carbocycles. The first-order valence-corrected chi connectivity index (χ1v) is 7.45. The lowest BCUT2D eigenvalue weighted by Gasteiger charge is -2.05. The van der Waals surface area contributed by atoms with Gasteiger partial charge in [0.25, 0.3) is 0 Å². The van der Waals surface area contributed by atoms with E-state index < -0.39 is 18.2 Å². The van der Waals surface area contributed by atoms with E-state index in [1.807, 2.05) is 0 Å². The summed E-state index contributed by atoms with van der Waals surface area (Å²) in [5.41, 5.74) is 0.863. The van der Waals surface area contributed by atoms with Crippen LogP contribution in [0.2, 0.25) is 0 Å². The highest BCUT2D eigenvalue weighted by atomic mass is 19.3. The van der Waals surface area contributed by atoms with Gasteiger partial charge in [-0.2, -0.15) is 13.9 Å². The molecule has 0 spiro atoms. The normalized spacial score (nSPS) is 11.2. The largest absolute Gasteiger partial charge is 0.435 e. The van der Waals surface area contributed by atoms with Gasteiger partial charge in [0.2, 0.25) is 0 Å². The Morgan fingerprint density at radius 1 is 1.19 bits per heavy atom. The fourth-order valence-corrected chi connectivity index (χ4v) is 2.24. The van der Waals surface area contributed by atoms with Gasteiger partial charge in [-0.3, -0.25) is 4.79 Å². The van der Waals surface area contributed by atoms with Crippen LogP contribution in [-0.2, 0) is 0 Å². The Kier molecular flexibility index (Phi) is 5.12. The lowest BCUT2D eigenvalue weighted by atomic mass is 10.1. The van der Waals surface area contributed by atoms with Crippen LogP contribution in [0.15, 0.2) is 61.2 Å². The Morgan fingerprint density at radius 2 is 2.04 bits per heavy atom. The van der Waals surface area contributed by atoms with Crippen LogP contribution < -0.4 is 4.74 Å². The third-order valence-electron chi connectivity index (χ3n) is 3.41. The molecule has 0 bridgehead atoms. The zero-order valence-corrected chi connectivity index (χ0v) is 13.2. The first kappa shape index (κ1) is 17.4. The molecule has 1 heterocycles. The predicted octanol–water partition coefficient (Wildman–Crippen LogP) is 3.90. The van der Waals surface area contributed by atoms with Crippen LogP contribution in [0.5, 0.6) is 5.75 Å². The maximum Gasteiger partial charge on any atom is 0.387 e. The molecule has 0 radical (unpaired) electrons. The van der Waals surface area contributed by atoms with Crippen molar-refractivity contribution in [2.75, 3.05) is 0 Å². The molecule has 0 amide bonds. The number of aromatic nitrogens is 3. The van der Waals surface area contributed by atoms with Crippen LogP contribution in [0, 0.1) is 5.82 Å². The molecular formula is C18H12F3N3O2. The Bertz CT molecular complexity index is 941. The summed E-state index contributed by atoms with van der Waals surface area (Å²) < 4.78 is 44.1. The zero-order valence-electron chi connectivity index (χ0n) is 13.2. The minimum Gasteiger partial charge on any atom is -0.435 e. The molecule has 8 heteroatoms. The van der Waals surface area contributed by atoms with Crippen molar-refractivity contribution in [3.8, 4) is 11.4 Å². The molecule has 0 aliphatic carbocycles. The fraction of sp³-hybridized carbons (Fsp3) is 0.0556. The topological polar surface area (TPSA) is 57.0 Å². The summed E-state index contributed by atoms with van der Waals surface area (Å²) in [6.45, 7) is -2.97. The summed E-state index contributed by atoms with van der Waals surface area (Å²) in [4.78, 5) is 15.9. The molecule has 5 nitrogen and oxygen atoms in total. The van der Waals surface area contributed by atoms with Crippen molar-refractivity contribution >= 4 is 11.9 Å². The average Bonchev–Trinajstić information content (AvgIpc) is 3.13. The molecular weight excluding hydrogens is 347 g/mol. The first-order chi connectivity index (χ1) is 12.5. The van der Waals surface area contributed by atoms with Crippen molar-refractivity contribution in [3.63, 3.8) is 0 Å². The summed E-state index contributed by atoms with van der Waals surface area (Å²) in [5, 5.41) is 3.85. The molecule has 26 heavy (non-hydrogen) atoms. The maximum absolute atomic E-state index is 14.1. The van der Waals surface area contributed by atoms with Crippen molar-refractivity contribution in [1.29, 1.82) is 0 Å². The minimum absolute atomic E-state index is 0.109. The van der Waals surface area contributed by atoms with Gasteiger partial charge >= 0.3 is 6.61 Å². The molecule has 0 saturated carbocycles. The summed E-state index contributed by atoms with van der Waals surface area (Å²) >= 11 is 0. The fourth-order valence-electron chi connectivity index (χ4n) is 2.24. The number of halogens is 3. The van der Waals surface area contributed by atoms with Crippen molar-refractivity contribution < 1.29 is 22.7 Å². The van der Waals surface area contributed by atoms with Gasteiger partial charge in [0.05, 0.1) is 0 Å². The molecule has 0 saturated heterocycles. The van der Waals surface area contributed by atoms with E-state index in [4.69, 9.17) is 0 Å². The van der Waals surface area contributed by atoms with Crippen molar-refractivity contribution in [3.05, 3.63) is 78.1 Å². The van der Waals surface area contributed by atoms with Crippen molar-refractivity contribution in [2.24, 2.45) is 0 Å². The van der Waals surface area contributed by atoms with E-state index in [0.29, 0.717) is 5.56 Å². The monoisotopic (exact) mass is 359 g/mol. The van der Waals surface area contributed by atoms with Crippen LogP contribution in [0.3, 0.4) is 0 Å². The van der Waals surface area contributed by atoms with Gasteiger partial charge in [0.15, 0.2) is 5.78 Å². The number of nitrogens with zero attached hydrogens (tertiary/aromatic N) is 3. The van der Waals surface area contributed by atoms with Crippen molar-refractivity contribution in [1.82, 2.24) is 14.8 Å². The van der Waals surface area contributed by atoms with Gasteiger partial charge in [-0.05, 0) is 35.9 Å². The zero-order chi connectivity index (χ0) is 18.5. The second-order valence-corrected chi connectivity index (χ2v) is 5.15. The summed E-state index contributed by atoms with van der Waals surface area (Å²) in [6, 6.07) is 9.81. The van der Waals surface area contributed by atoms with Gasteiger partial charge < -0.3 is 4.74 Å². The Hall–Kier alpha value is -3.42. The Balaban J connectivity index is 1.75. The summed E-state index contributed by atoms with van der Waals surface area (Å²) in [7, 11) is 0. The highest BCUT2D eigenvalue weighted by Gasteiger charge is 2.08. The number of rotatable bonds is 6. The van der Waals surface area contributed by atoms with E-state index in [0.717, 1.165) is 0 Å². The lowest BCUT2D eigenvalue weighted by Crippen LogP contribution is -2.03. The standard InChI is InChI=1S/C18H12F3N3O2/c19-15-8-12(4-6-16(15)24-11-22-10-23-24)5-7-17(25)13-2-1-3-14(9-13)26-18(20)21/h1-11,18H/b7-5+. The van der Waals surface area contributed by atoms with Crippen LogP contribution >= 0.6 is 0 Å². The Morgan fingerprint density at radius 3 is 2.73 bits per heavy atom. The number of ketones is 1. The molecule has 132 valence electrons. The highest BCUT2D eigenvalue weighted by Crippen LogP contribution is 2.18. The van der Waals surface area contributed by atoms with Gasteiger partial charge in [0, 0.05) is 5.56 Å². The second-order valence-electron chi connectivity index (χ2n) is 5.15. The number of hydrogen-bond acceptors (Lipinski definition) is 4. The highest BCUT2D eigenvalue weighted by molar-refractivity contribution is 6.07. The SMILES string of the molecule is O=C(/C=C/c1ccc(-n2cncn2)c(F)c1)c1cccc(OC(F)F)c1. The van der Waals surface area contributed by atoms with Crippen LogP contribution in [0.1, 0.15) is 15.9 Å². The quantitative estimate of drug-likeness (QED) is 0.495. The molecule has 0 N–H and O–H groups in total. The summed E-state index contributed by atoms with van der Waals surface area (Å²) in [6.07, 6.45) is 5.31. The smallest absolute Gasteiger partial charge is 0.387 e. The van der Waals surface area contributed by atoms with E-state index in [1.54, 1.807) is 6.07 Å². The van der Waals surface area contributed by atoms with Gasteiger partial charge in [-0.25, -0.2) is 14.1 Å². The van der Waals surface area contributed by atoms with Gasteiger partial charge in [-0.1, -0.05) is 24.3 Å². The molecule has 3 aromatic rings. The number of carbonyl (C=O) groups is 1. The number of ether oxygens (including phenoxy) is 1. The molecule has 0 atom stereocenters.